The number of fused-ring (bicyclic) bond motifs is 2. The number of amides is 1. The van der Waals surface area contributed by atoms with Crippen LogP contribution in [0.2, 0.25) is 0 Å². The summed E-state index contributed by atoms with van der Waals surface area (Å²) in [6, 6.07) is 2.25. The van der Waals surface area contributed by atoms with Crippen LogP contribution in [-0.4, -0.2) is 59.0 Å². The van der Waals surface area contributed by atoms with Gasteiger partial charge in [-0.25, -0.2) is 18.6 Å². The van der Waals surface area contributed by atoms with Gasteiger partial charge in [0, 0.05) is 30.5 Å². The van der Waals surface area contributed by atoms with E-state index in [1.807, 2.05) is 6.92 Å². The Morgan fingerprint density at radius 2 is 1.85 bits per heavy atom. The molecule has 2 unspecified atom stereocenters. The lowest BCUT2D eigenvalue weighted by atomic mass is 9.84. The predicted octanol–water partition coefficient (Wildman–Crippen LogP) is 3.96. The van der Waals surface area contributed by atoms with E-state index in [-0.39, 0.29) is 46.5 Å². The first-order valence-electron chi connectivity index (χ1n) is 11.2. The molecule has 11 heteroatoms. The van der Waals surface area contributed by atoms with Gasteiger partial charge in [-0.2, -0.15) is 9.37 Å². The molecule has 2 atom stereocenters. The fourth-order valence-electron chi connectivity index (χ4n) is 4.33. The molecule has 1 saturated carbocycles. The zero-order valence-corrected chi connectivity index (χ0v) is 18.8. The molecular formula is C23H25F3N4O4. The van der Waals surface area contributed by atoms with Crippen LogP contribution in [0.3, 0.4) is 0 Å². The molecule has 3 aliphatic rings. The van der Waals surface area contributed by atoms with Gasteiger partial charge in [-0.1, -0.05) is 0 Å². The van der Waals surface area contributed by atoms with E-state index in [1.165, 1.54) is 13.0 Å². The van der Waals surface area contributed by atoms with Gasteiger partial charge in [0.05, 0.1) is 18.9 Å². The lowest BCUT2D eigenvalue weighted by Gasteiger charge is -2.46. The van der Waals surface area contributed by atoms with Gasteiger partial charge in [0.15, 0.2) is 11.6 Å². The maximum Gasteiger partial charge on any atom is 0.410 e. The molecule has 2 bridgehead atoms. The van der Waals surface area contributed by atoms with Gasteiger partial charge in [-0.15, -0.1) is 0 Å². The standard InChI is InChI=1S/C23H25F3N4O4/c1-12-15(24)3-4-16(17(12)25)29-20-18(26)21(28-11-27-20)33-19-13-7-30(8-14(19)10-32-9-13)22(31)34-23(2)5-6-23/h3-4,11,13-14,19H,5-10H2,1-2H3,(H,27,28,29). The van der Waals surface area contributed by atoms with Gasteiger partial charge in [-0.3, -0.25) is 0 Å². The number of halogens is 3. The number of carbonyl (C=O) groups excluding carboxylic acids is 1. The average molecular weight is 478 g/mol. The molecule has 3 heterocycles. The molecule has 182 valence electrons. The maximum atomic E-state index is 15.2. The minimum Gasteiger partial charge on any atom is -0.471 e. The number of nitrogens with zero attached hydrogens (tertiary/aromatic N) is 3. The number of carbonyl (C=O) groups is 1. The first-order chi connectivity index (χ1) is 16.2. The largest absolute Gasteiger partial charge is 0.471 e. The number of likely N-dealkylation sites (tertiary alicyclic amines) is 1. The third-order valence-corrected chi connectivity index (χ3v) is 6.63. The van der Waals surface area contributed by atoms with Crippen LogP contribution < -0.4 is 10.1 Å². The molecule has 34 heavy (non-hydrogen) atoms. The quantitative estimate of drug-likeness (QED) is 0.696. The van der Waals surface area contributed by atoms with Crippen molar-refractivity contribution in [2.24, 2.45) is 11.8 Å². The van der Waals surface area contributed by atoms with Crippen molar-refractivity contribution in [1.82, 2.24) is 14.9 Å². The molecule has 1 aromatic carbocycles. The van der Waals surface area contributed by atoms with E-state index < -0.39 is 23.6 Å². The minimum absolute atomic E-state index is 0.121. The minimum atomic E-state index is -0.897. The SMILES string of the molecule is Cc1c(F)ccc(Nc2ncnc(OC3C4COCC3CN(C(=O)OC3(C)CC3)C4)c2F)c1F. The number of nitrogens with one attached hydrogen (secondary N) is 1. The Morgan fingerprint density at radius 3 is 2.53 bits per heavy atom. The summed E-state index contributed by atoms with van der Waals surface area (Å²) in [7, 11) is 0. The van der Waals surface area contributed by atoms with Gasteiger partial charge in [0.25, 0.3) is 5.88 Å². The monoisotopic (exact) mass is 478 g/mol. The summed E-state index contributed by atoms with van der Waals surface area (Å²) in [5, 5.41) is 2.54. The van der Waals surface area contributed by atoms with Crippen LogP contribution in [0.25, 0.3) is 0 Å². The lowest BCUT2D eigenvalue weighted by molar-refractivity contribution is -0.112. The molecule has 1 aliphatic carbocycles. The second-order valence-electron chi connectivity index (χ2n) is 9.36. The van der Waals surface area contributed by atoms with Gasteiger partial charge in [-0.05, 0) is 38.8 Å². The van der Waals surface area contributed by atoms with Crippen LogP contribution in [0.5, 0.6) is 5.88 Å². The van der Waals surface area contributed by atoms with Crippen LogP contribution in [0.4, 0.5) is 29.5 Å². The highest BCUT2D eigenvalue weighted by Crippen LogP contribution is 2.40. The molecule has 8 nitrogen and oxygen atoms in total. The summed E-state index contributed by atoms with van der Waals surface area (Å²) in [4.78, 5) is 22.0. The predicted molar refractivity (Wildman–Crippen MR) is 114 cm³/mol. The molecule has 1 amide bonds. The Bertz CT molecular complexity index is 1100. The molecule has 3 fully saturated rings. The van der Waals surface area contributed by atoms with Gasteiger partial charge < -0.3 is 24.4 Å². The number of aromatic nitrogens is 2. The van der Waals surface area contributed by atoms with Crippen molar-refractivity contribution in [3.05, 3.63) is 41.5 Å². The summed E-state index contributed by atoms with van der Waals surface area (Å²) in [5.41, 5.74) is -0.680. The Balaban J connectivity index is 1.31. The highest BCUT2D eigenvalue weighted by molar-refractivity contribution is 5.68. The Hall–Kier alpha value is -3.08. The van der Waals surface area contributed by atoms with Crippen molar-refractivity contribution in [1.29, 1.82) is 0 Å². The molecule has 0 spiro atoms. The van der Waals surface area contributed by atoms with Crippen molar-refractivity contribution < 1.29 is 32.2 Å². The van der Waals surface area contributed by atoms with Gasteiger partial charge in [0.1, 0.15) is 23.8 Å². The zero-order valence-electron chi connectivity index (χ0n) is 18.8. The van der Waals surface area contributed by atoms with E-state index in [4.69, 9.17) is 14.2 Å². The number of hydrogen-bond donors (Lipinski definition) is 1. The highest BCUT2D eigenvalue weighted by atomic mass is 19.1. The second-order valence-corrected chi connectivity index (χ2v) is 9.36. The smallest absolute Gasteiger partial charge is 0.410 e. The second kappa shape index (κ2) is 8.61. The Labute approximate surface area is 194 Å². The van der Waals surface area contributed by atoms with Crippen LogP contribution >= 0.6 is 0 Å². The molecule has 2 aromatic rings. The first kappa shape index (κ1) is 22.7. The molecule has 2 aliphatic heterocycles. The van der Waals surface area contributed by atoms with Crippen molar-refractivity contribution in [3.63, 3.8) is 0 Å². The van der Waals surface area contributed by atoms with Crippen LogP contribution in [-0.2, 0) is 9.47 Å². The third-order valence-electron chi connectivity index (χ3n) is 6.63. The summed E-state index contributed by atoms with van der Waals surface area (Å²) < 4.78 is 60.3. The van der Waals surface area contributed by atoms with E-state index in [9.17, 15) is 13.6 Å². The lowest BCUT2D eigenvalue weighted by Crippen LogP contribution is -2.59. The molecular weight excluding hydrogens is 453 g/mol. The number of anilines is 2. The Kier molecular flexibility index (Phi) is 5.75. The Morgan fingerprint density at radius 1 is 1.15 bits per heavy atom. The van der Waals surface area contributed by atoms with E-state index in [0.29, 0.717) is 26.3 Å². The molecule has 5 rings (SSSR count). The summed E-state index contributed by atoms with van der Waals surface area (Å²) in [6.45, 7) is 4.60. The molecule has 1 aromatic heterocycles. The van der Waals surface area contributed by atoms with Crippen LogP contribution in [0.15, 0.2) is 18.5 Å². The van der Waals surface area contributed by atoms with Crippen LogP contribution in [0.1, 0.15) is 25.3 Å². The number of piperidine rings is 1. The normalized spacial score (nSPS) is 25.0. The van der Waals surface area contributed by atoms with E-state index in [2.05, 4.69) is 15.3 Å². The first-order valence-corrected chi connectivity index (χ1v) is 11.2. The number of rotatable bonds is 5. The highest BCUT2D eigenvalue weighted by Gasteiger charge is 2.47. The average Bonchev–Trinajstić information content (AvgIpc) is 3.52. The van der Waals surface area contributed by atoms with Gasteiger partial charge in [0.2, 0.25) is 5.82 Å². The van der Waals surface area contributed by atoms with E-state index in [1.54, 1.807) is 4.90 Å². The van der Waals surface area contributed by atoms with E-state index >= 15 is 4.39 Å². The van der Waals surface area contributed by atoms with Crippen molar-refractivity contribution in [2.45, 2.75) is 38.4 Å². The van der Waals surface area contributed by atoms with Crippen LogP contribution in [0, 0.1) is 36.2 Å². The number of ether oxygens (including phenoxy) is 3. The van der Waals surface area contributed by atoms with Crippen molar-refractivity contribution in [3.8, 4) is 5.88 Å². The number of benzene rings is 1. The molecule has 1 N–H and O–H groups in total. The fraction of sp³-hybridized carbons (Fsp3) is 0.522. The topological polar surface area (TPSA) is 85.8 Å². The third kappa shape index (κ3) is 4.36. The summed E-state index contributed by atoms with van der Waals surface area (Å²) >= 11 is 0. The summed E-state index contributed by atoms with van der Waals surface area (Å²) in [5.74, 6) is -3.43. The summed E-state index contributed by atoms with van der Waals surface area (Å²) in [6.07, 6.45) is 2.03. The molecule has 2 saturated heterocycles. The zero-order chi connectivity index (χ0) is 24.0. The van der Waals surface area contributed by atoms with Crippen molar-refractivity contribution in [2.75, 3.05) is 31.6 Å². The van der Waals surface area contributed by atoms with Crippen molar-refractivity contribution >= 4 is 17.6 Å². The maximum absolute atomic E-state index is 15.2. The van der Waals surface area contributed by atoms with E-state index in [0.717, 1.165) is 25.2 Å². The number of hydrogen-bond acceptors (Lipinski definition) is 7. The van der Waals surface area contributed by atoms with Gasteiger partial charge >= 0.3 is 6.09 Å². The fourth-order valence-corrected chi connectivity index (χ4v) is 4.33. The molecule has 0 radical (unpaired) electrons.